The summed E-state index contributed by atoms with van der Waals surface area (Å²) < 4.78 is 34.6. The minimum absolute atomic E-state index is 0.0807. The standard InChI is InChI=1S/C26H32N2O4S/c1-26(2,3)20-14-15-23-22(16-20)28(33(30,31)21-12-8-5-9-13-21)18-24(32-23)25(29)27-17-19-10-6-4-7-11-19/h5,8-10,12-16,24H,4,6-7,11,17-18H2,1-3H3,(H,27,29). The number of hydrogen-bond donors (Lipinski definition) is 1. The second kappa shape index (κ2) is 9.21. The number of ether oxygens (including phenoxy) is 1. The highest BCUT2D eigenvalue weighted by Crippen LogP contribution is 2.40. The molecule has 1 atom stereocenters. The number of carbonyl (C=O) groups excluding carboxylic acids is 1. The van der Waals surface area contributed by atoms with Crippen molar-refractivity contribution in [2.45, 2.75) is 62.9 Å². The molecule has 0 saturated carbocycles. The third-order valence-electron chi connectivity index (χ3n) is 6.19. The van der Waals surface area contributed by atoms with Gasteiger partial charge in [0.25, 0.3) is 15.9 Å². The van der Waals surface area contributed by atoms with E-state index in [0.29, 0.717) is 18.0 Å². The van der Waals surface area contributed by atoms with Crippen LogP contribution in [-0.4, -0.2) is 33.5 Å². The van der Waals surface area contributed by atoms with Crippen LogP contribution in [0.15, 0.2) is 65.1 Å². The first-order valence-corrected chi connectivity index (χ1v) is 12.9. The summed E-state index contributed by atoms with van der Waals surface area (Å²) in [7, 11) is -3.88. The van der Waals surface area contributed by atoms with Gasteiger partial charge in [0.2, 0.25) is 0 Å². The number of hydrogen-bond acceptors (Lipinski definition) is 4. The first kappa shape index (κ1) is 23.4. The Kier molecular flexibility index (Phi) is 6.52. The summed E-state index contributed by atoms with van der Waals surface area (Å²) in [6.45, 7) is 6.61. The van der Waals surface area contributed by atoms with Crippen molar-refractivity contribution in [3.63, 3.8) is 0 Å². The van der Waals surface area contributed by atoms with Gasteiger partial charge in [0.1, 0.15) is 5.75 Å². The Morgan fingerprint density at radius 1 is 1.12 bits per heavy atom. The largest absolute Gasteiger partial charge is 0.476 e. The molecule has 1 N–H and O–H groups in total. The summed E-state index contributed by atoms with van der Waals surface area (Å²) in [5.41, 5.74) is 2.50. The molecule has 1 amide bonds. The van der Waals surface area contributed by atoms with Gasteiger partial charge in [-0.05, 0) is 60.9 Å². The molecule has 2 aliphatic rings. The number of amides is 1. The van der Waals surface area contributed by atoms with Gasteiger partial charge in [-0.15, -0.1) is 0 Å². The van der Waals surface area contributed by atoms with E-state index in [1.54, 1.807) is 36.4 Å². The minimum atomic E-state index is -3.88. The monoisotopic (exact) mass is 468 g/mol. The van der Waals surface area contributed by atoms with Crippen LogP contribution in [0.4, 0.5) is 5.69 Å². The molecule has 0 aromatic heterocycles. The predicted molar refractivity (Wildman–Crippen MR) is 130 cm³/mol. The Morgan fingerprint density at radius 3 is 2.55 bits per heavy atom. The van der Waals surface area contributed by atoms with Crippen molar-refractivity contribution < 1.29 is 17.9 Å². The van der Waals surface area contributed by atoms with E-state index in [1.807, 2.05) is 12.1 Å². The van der Waals surface area contributed by atoms with Gasteiger partial charge in [0.15, 0.2) is 6.10 Å². The number of nitrogens with one attached hydrogen (secondary N) is 1. The van der Waals surface area contributed by atoms with Crippen LogP contribution < -0.4 is 14.4 Å². The molecule has 2 aromatic carbocycles. The lowest BCUT2D eigenvalue weighted by Crippen LogP contribution is -2.51. The molecule has 1 unspecified atom stereocenters. The highest BCUT2D eigenvalue weighted by atomic mass is 32.2. The van der Waals surface area contributed by atoms with E-state index in [-0.39, 0.29) is 22.8 Å². The summed E-state index contributed by atoms with van der Waals surface area (Å²) in [6.07, 6.45) is 5.59. The number of rotatable bonds is 5. The molecule has 33 heavy (non-hydrogen) atoms. The van der Waals surface area contributed by atoms with Gasteiger partial charge in [0, 0.05) is 6.54 Å². The highest BCUT2D eigenvalue weighted by Gasteiger charge is 2.38. The number of benzene rings is 2. The molecular weight excluding hydrogens is 436 g/mol. The lowest BCUT2D eigenvalue weighted by Gasteiger charge is -2.36. The van der Waals surface area contributed by atoms with Gasteiger partial charge in [0.05, 0.1) is 17.1 Å². The zero-order valence-electron chi connectivity index (χ0n) is 19.5. The molecule has 0 spiro atoms. The fraction of sp³-hybridized carbons (Fsp3) is 0.423. The van der Waals surface area contributed by atoms with Crippen molar-refractivity contribution in [3.8, 4) is 5.75 Å². The maximum absolute atomic E-state index is 13.6. The molecular formula is C26H32N2O4S. The number of nitrogens with zero attached hydrogens (tertiary/aromatic N) is 1. The van der Waals surface area contributed by atoms with Crippen LogP contribution in [-0.2, 0) is 20.2 Å². The molecule has 0 fully saturated rings. The maximum Gasteiger partial charge on any atom is 0.264 e. The lowest BCUT2D eigenvalue weighted by atomic mass is 9.86. The molecule has 7 heteroatoms. The summed E-state index contributed by atoms with van der Waals surface area (Å²) >= 11 is 0. The van der Waals surface area contributed by atoms with Gasteiger partial charge in [-0.25, -0.2) is 8.42 Å². The fourth-order valence-corrected chi connectivity index (χ4v) is 5.67. The van der Waals surface area contributed by atoms with Gasteiger partial charge >= 0.3 is 0 Å². The quantitative estimate of drug-likeness (QED) is 0.653. The summed E-state index contributed by atoms with van der Waals surface area (Å²) in [4.78, 5) is 13.2. The molecule has 4 rings (SSSR count). The van der Waals surface area contributed by atoms with Crippen molar-refractivity contribution in [1.29, 1.82) is 0 Å². The van der Waals surface area contributed by atoms with E-state index in [9.17, 15) is 13.2 Å². The maximum atomic E-state index is 13.6. The number of carbonyl (C=O) groups is 1. The third kappa shape index (κ3) is 5.08. The zero-order chi connectivity index (χ0) is 23.6. The van der Waals surface area contributed by atoms with E-state index in [2.05, 4.69) is 32.2 Å². The second-order valence-electron chi connectivity index (χ2n) is 9.71. The molecule has 1 aliphatic heterocycles. The van der Waals surface area contributed by atoms with Gasteiger partial charge in [-0.2, -0.15) is 0 Å². The number of allylic oxidation sites excluding steroid dienone is 1. The smallest absolute Gasteiger partial charge is 0.264 e. The summed E-state index contributed by atoms with van der Waals surface area (Å²) in [5, 5.41) is 2.95. The number of sulfonamides is 1. The zero-order valence-corrected chi connectivity index (χ0v) is 20.3. The molecule has 1 heterocycles. The van der Waals surface area contributed by atoms with Crippen molar-refractivity contribution in [1.82, 2.24) is 5.32 Å². The van der Waals surface area contributed by atoms with E-state index in [4.69, 9.17) is 4.74 Å². The van der Waals surface area contributed by atoms with Crippen LogP contribution in [0.25, 0.3) is 0 Å². The SMILES string of the molecule is CC(C)(C)c1ccc2c(c1)N(S(=O)(=O)c1ccccc1)CC(C(=O)NCC1=CCCCC1)O2. The van der Waals surface area contributed by atoms with Gasteiger partial charge < -0.3 is 10.1 Å². The molecule has 6 nitrogen and oxygen atoms in total. The van der Waals surface area contributed by atoms with Crippen molar-refractivity contribution >= 4 is 21.6 Å². The topological polar surface area (TPSA) is 75.7 Å². The lowest BCUT2D eigenvalue weighted by molar-refractivity contribution is -0.127. The fourth-order valence-electron chi connectivity index (χ4n) is 4.18. The van der Waals surface area contributed by atoms with E-state index in [0.717, 1.165) is 24.8 Å². The Morgan fingerprint density at radius 2 is 1.88 bits per heavy atom. The number of anilines is 1. The Bertz CT molecular complexity index is 1150. The van der Waals surface area contributed by atoms with Crippen LogP contribution in [0.3, 0.4) is 0 Å². The molecule has 2 aromatic rings. The Hall–Kier alpha value is -2.80. The average Bonchev–Trinajstić information content (AvgIpc) is 2.82. The Balaban J connectivity index is 1.66. The third-order valence-corrected chi connectivity index (χ3v) is 7.99. The normalized spacial score (nSPS) is 18.7. The summed E-state index contributed by atoms with van der Waals surface area (Å²) in [5.74, 6) is 0.0890. The minimum Gasteiger partial charge on any atom is -0.476 e. The van der Waals surface area contributed by atoms with E-state index < -0.39 is 16.1 Å². The molecule has 0 radical (unpaired) electrons. The number of fused-ring (bicyclic) bond motifs is 1. The average molecular weight is 469 g/mol. The predicted octanol–water partition coefficient (Wildman–Crippen LogP) is 4.56. The first-order valence-electron chi connectivity index (χ1n) is 11.5. The molecule has 0 bridgehead atoms. The Labute approximate surface area is 196 Å². The van der Waals surface area contributed by atoms with E-state index in [1.165, 1.54) is 16.3 Å². The molecule has 1 aliphatic carbocycles. The van der Waals surface area contributed by atoms with E-state index >= 15 is 0 Å². The molecule has 0 saturated heterocycles. The van der Waals surface area contributed by atoms with Crippen LogP contribution in [0.5, 0.6) is 5.75 Å². The van der Waals surface area contributed by atoms with Crippen LogP contribution >= 0.6 is 0 Å². The second-order valence-corrected chi connectivity index (χ2v) is 11.6. The van der Waals surface area contributed by atoms with Gasteiger partial charge in [-0.1, -0.05) is 56.7 Å². The van der Waals surface area contributed by atoms with Gasteiger partial charge in [-0.3, -0.25) is 9.10 Å². The van der Waals surface area contributed by atoms with Crippen LogP contribution in [0.2, 0.25) is 0 Å². The first-order chi connectivity index (χ1) is 15.7. The summed E-state index contributed by atoms with van der Waals surface area (Å²) in [6, 6.07) is 13.9. The highest BCUT2D eigenvalue weighted by molar-refractivity contribution is 7.92. The van der Waals surface area contributed by atoms with Crippen molar-refractivity contribution in [2.75, 3.05) is 17.4 Å². The van der Waals surface area contributed by atoms with Crippen LogP contribution in [0, 0.1) is 0 Å². The van der Waals surface area contributed by atoms with Crippen molar-refractivity contribution in [2.24, 2.45) is 0 Å². The van der Waals surface area contributed by atoms with Crippen LogP contribution in [0.1, 0.15) is 52.0 Å². The molecule has 176 valence electrons. The van der Waals surface area contributed by atoms with Crippen molar-refractivity contribution in [3.05, 3.63) is 65.7 Å².